The van der Waals surface area contributed by atoms with Gasteiger partial charge in [-0.2, -0.15) is 0 Å². The molecule has 3 nitrogen and oxygen atoms in total. The monoisotopic (exact) mass is 257 g/mol. The number of nitrogens with zero attached hydrogens (tertiary/aromatic N) is 2. The molecule has 0 aliphatic rings. The average molecular weight is 257 g/mol. The van der Waals surface area contributed by atoms with Gasteiger partial charge in [-0.25, -0.2) is 27.5 Å². The highest BCUT2D eigenvalue weighted by Gasteiger charge is 2.18. The fourth-order valence-corrected chi connectivity index (χ4v) is 1.34. The molecule has 0 spiro atoms. The Morgan fingerprint density at radius 3 is 2.06 bits per heavy atom. The number of aromatic nitrogens is 2. The zero-order valence-corrected chi connectivity index (χ0v) is 8.92. The summed E-state index contributed by atoms with van der Waals surface area (Å²) in [5, 5.41) is 2.27. The van der Waals surface area contributed by atoms with Gasteiger partial charge in [-0.1, -0.05) is 0 Å². The molecule has 2 aromatic rings. The van der Waals surface area contributed by atoms with Gasteiger partial charge in [-0.3, -0.25) is 0 Å². The van der Waals surface area contributed by atoms with Crippen molar-refractivity contribution < 1.29 is 17.6 Å². The summed E-state index contributed by atoms with van der Waals surface area (Å²) < 4.78 is 52.3. The van der Waals surface area contributed by atoms with Gasteiger partial charge in [-0.05, 0) is 0 Å². The Bertz CT molecular complexity index is 534. The number of rotatable bonds is 3. The van der Waals surface area contributed by atoms with Crippen molar-refractivity contribution in [2.45, 2.75) is 6.54 Å². The van der Waals surface area contributed by atoms with Crippen molar-refractivity contribution in [1.29, 1.82) is 0 Å². The molecule has 0 atom stereocenters. The van der Waals surface area contributed by atoms with Gasteiger partial charge in [0.05, 0.1) is 0 Å². The van der Waals surface area contributed by atoms with E-state index >= 15 is 0 Å². The van der Waals surface area contributed by atoms with Gasteiger partial charge in [0.1, 0.15) is 12.0 Å². The first-order valence-electron chi connectivity index (χ1n) is 4.90. The van der Waals surface area contributed by atoms with Crippen molar-refractivity contribution in [2.75, 3.05) is 5.32 Å². The quantitative estimate of drug-likeness (QED) is 0.678. The van der Waals surface area contributed by atoms with Gasteiger partial charge in [0, 0.05) is 30.6 Å². The molecular weight excluding hydrogens is 250 g/mol. The van der Waals surface area contributed by atoms with Crippen LogP contribution < -0.4 is 5.32 Å². The Hall–Kier alpha value is -2.18. The molecule has 94 valence electrons. The van der Waals surface area contributed by atoms with Crippen molar-refractivity contribution in [3.05, 3.63) is 53.6 Å². The Labute approximate surface area is 99.5 Å². The van der Waals surface area contributed by atoms with Crippen molar-refractivity contribution >= 4 is 5.69 Å². The SMILES string of the molecule is Fc1cc(F)c(F)c(NCc2cncnc2)c1F. The van der Waals surface area contributed by atoms with E-state index in [4.69, 9.17) is 0 Å². The molecule has 0 saturated carbocycles. The van der Waals surface area contributed by atoms with Gasteiger partial charge in [0.25, 0.3) is 0 Å². The second kappa shape index (κ2) is 4.99. The first-order valence-corrected chi connectivity index (χ1v) is 4.90. The zero-order valence-electron chi connectivity index (χ0n) is 8.92. The van der Waals surface area contributed by atoms with Crippen LogP contribution in [0.1, 0.15) is 5.56 Å². The lowest BCUT2D eigenvalue weighted by molar-refractivity contribution is 0.458. The molecule has 0 radical (unpaired) electrons. The molecule has 2 rings (SSSR count). The summed E-state index contributed by atoms with van der Waals surface area (Å²) in [5.74, 6) is -5.85. The van der Waals surface area contributed by atoms with E-state index in [0.29, 0.717) is 5.56 Å². The van der Waals surface area contributed by atoms with Crippen LogP contribution in [-0.2, 0) is 6.54 Å². The molecular formula is C11H7F4N3. The van der Waals surface area contributed by atoms with Gasteiger partial charge in [0.2, 0.25) is 0 Å². The highest BCUT2D eigenvalue weighted by Crippen LogP contribution is 2.24. The highest BCUT2D eigenvalue weighted by molar-refractivity contribution is 5.47. The summed E-state index contributed by atoms with van der Waals surface area (Å²) in [6, 6.07) is 0.154. The maximum Gasteiger partial charge on any atom is 0.185 e. The number of hydrogen-bond acceptors (Lipinski definition) is 3. The van der Waals surface area contributed by atoms with Crippen LogP contribution in [-0.4, -0.2) is 9.97 Å². The molecule has 0 amide bonds. The molecule has 0 aliphatic carbocycles. The third kappa shape index (κ3) is 2.39. The van der Waals surface area contributed by atoms with Crippen molar-refractivity contribution in [2.24, 2.45) is 0 Å². The van der Waals surface area contributed by atoms with Crippen LogP contribution >= 0.6 is 0 Å². The van der Waals surface area contributed by atoms with E-state index in [0.717, 1.165) is 0 Å². The Balaban J connectivity index is 2.24. The zero-order chi connectivity index (χ0) is 13.1. The first kappa shape index (κ1) is 12.3. The molecule has 7 heteroatoms. The van der Waals surface area contributed by atoms with Crippen LogP contribution in [0.3, 0.4) is 0 Å². The number of nitrogens with one attached hydrogen (secondary N) is 1. The second-order valence-corrected chi connectivity index (χ2v) is 3.44. The largest absolute Gasteiger partial charge is 0.376 e. The molecule has 0 aliphatic heterocycles. The van der Waals surface area contributed by atoms with E-state index in [1.54, 1.807) is 0 Å². The summed E-state index contributed by atoms with van der Waals surface area (Å²) in [5.41, 5.74) is -0.336. The molecule has 1 N–H and O–H groups in total. The lowest BCUT2D eigenvalue weighted by Gasteiger charge is -2.09. The minimum absolute atomic E-state index is 0.0580. The first-order chi connectivity index (χ1) is 8.59. The summed E-state index contributed by atoms with van der Waals surface area (Å²) in [6.07, 6.45) is 4.10. The summed E-state index contributed by atoms with van der Waals surface area (Å²) in [6.45, 7) is -0.0580. The molecule has 0 saturated heterocycles. The Morgan fingerprint density at radius 2 is 1.50 bits per heavy atom. The van der Waals surface area contributed by atoms with E-state index in [9.17, 15) is 17.6 Å². The van der Waals surface area contributed by atoms with E-state index in [2.05, 4.69) is 15.3 Å². The second-order valence-electron chi connectivity index (χ2n) is 3.44. The molecule has 1 aromatic heterocycles. The fraction of sp³-hybridized carbons (Fsp3) is 0.0909. The van der Waals surface area contributed by atoms with Crippen LogP contribution in [0.15, 0.2) is 24.8 Å². The topological polar surface area (TPSA) is 37.8 Å². The highest BCUT2D eigenvalue weighted by atomic mass is 19.2. The minimum Gasteiger partial charge on any atom is -0.376 e. The molecule has 0 bridgehead atoms. The van der Waals surface area contributed by atoms with E-state index in [1.165, 1.54) is 18.7 Å². The molecule has 0 fully saturated rings. The smallest absolute Gasteiger partial charge is 0.185 e. The number of hydrogen-bond donors (Lipinski definition) is 1. The number of benzene rings is 1. The number of halogens is 4. The Morgan fingerprint density at radius 1 is 0.944 bits per heavy atom. The van der Waals surface area contributed by atoms with Crippen molar-refractivity contribution in [3.63, 3.8) is 0 Å². The Kier molecular flexibility index (Phi) is 3.40. The lowest BCUT2D eigenvalue weighted by atomic mass is 10.2. The van der Waals surface area contributed by atoms with Gasteiger partial charge >= 0.3 is 0 Å². The molecule has 0 unspecified atom stereocenters. The predicted octanol–water partition coefficient (Wildman–Crippen LogP) is 2.65. The third-order valence-corrected chi connectivity index (χ3v) is 2.20. The van der Waals surface area contributed by atoms with Crippen LogP contribution in [0, 0.1) is 23.3 Å². The van der Waals surface area contributed by atoms with Crippen LogP contribution in [0.4, 0.5) is 23.2 Å². The van der Waals surface area contributed by atoms with Gasteiger partial charge in [-0.15, -0.1) is 0 Å². The number of anilines is 1. The van der Waals surface area contributed by atoms with Crippen LogP contribution in [0.5, 0.6) is 0 Å². The standard InChI is InChI=1S/C11H7F4N3/c12-7-1-8(13)10(15)11(9(7)14)18-4-6-2-16-5-17-3-6/h1-3,5,18H,4H2. The van der Waals surface area contributed by atoms with E-state index in [-0.39, 0.29) is 12.6 Å². The molecule has 1 heterocycles. The van der Waals surface area contributed by atoms with Gasteiger partial charge in [0.15, 0.2) is 23.3 Å². The maximum absolute atomic E-state index is 13.3. The predicted molar refractivity (Wildman–Crippen MR) is 55.6 cm³/mol. The minimum atomic E-state index is -1.47. The van der Waals surface area contributed by atoms with E-state index in [1.807, 2.05) is 0 Å². The summed E-state index contributed by atoms with van der Waals surface area (Å²) in [4.78, 5) is 7.38. The van der Waals surface area contributed by atoms with Gasteiger partial charge < -0.3 is 5.32 Å². The van der Waals surface area contributed by atoms with Crippen LogP contribution in [0.2, 0.25) is 0 Å². The average Bonchev–Trinajstić information content (AvgIpc) is 2.38. The lowest BCUT2D eigenvalue weighted by Crippen LogP contribution is -2.07. The summed E-state index contributed by atoms with van der Waals surface area (Å²) >= 11 is 0. The third-order valence-electron chi connectivity index (χ3n) is 2.20. The normalized spacial score (nSPS) is 10.4. The molecule has 1 aromatic carbocycles. The maximum atomic E-state index is 13.3. The van der Waals surface area contributed by atoms with Crippen LogP contribution in [0.25, 0.3) is 0 Å². The van der Waals surface area contributed by atoms with Crippen molar-refractivity contribution in [3.8, 4) is 0 Å². The molecule has 18 heavy (non-hydrogen) atoms. The van der Waals surface area contributed by atoms with Crippen molar-refractivity contribution in [1.82, 2.24) is 9.97 Å². The fourth-order valence-electron chi connectivity index (χ4n) is 1.34. The van der Waals surface area contributed by atoms with E-state index < -0.39 is 29.0 Å². The summed E-state index contributed by atoms with van der Waals surface area (Å²) in [7, 11) is 0.